The molecule has 0 fully saturated rings. The Kier molecular flexibility index (Phi) is 3.51. The highest BCUT2D eigenvalue weighted by atomic mass is 127. The molecule has 0 aliphatic carbocycles. The van der Waals surface area contributed by atoms with E-state index in [0.717, 1.165) is 3.57 Å². The first kappa shape index (κ1) is 11.0. The molecular formula is C10H9IO3. The Morgan fingerprint density at radius 1 is 1.50 bits per heavy atom. The fourth-order valence-corrected chi connectivity index (χ4v) is 1.27. The lowest BCUT2D eigenvalue weighted by molar-refractivity contribution is -0.132. The maximum Gasteiger partial charge on any atom is 0.331 e. The Hall–Kier alpha value is -1.04. The number of rotatable bonds is 2. The zero-order valence-corrected chi connectivity index (χ0v) is 9.65. The van der Waals surface area contributed by atoms with Gasteiger partial charge < -0.3 is 10.2 Å². The number of hydrogen-bond acceptors (Lipinski definition) is 2. The van der Waals surface area contributed by atoms with Crippen LogP contribution in [0.2, 0.25) is 0 Å². The van der Waals surface area contributed by atoms with E-state index in [-0.39, 0.29) is 11.3 Å². The highest BCUT2D eigenvalue weighted by Gasteiger charge is 2.01. The van der Waals surface area contributed by atoms with Crippen LogP contribution in [0.3, 0.4) is 0 Å². The molecule has 4 heteroatoms. The standard InChI is InChI=1S/C10H9IO3/c1-6(10(13)14)4-7-2-3-8(11)9(12)5-7/h2-5,12H,1H3,(H,13,14)/b6-4+. The first-order chi connectivity index (χ1) is 6.50. The van der Waals surface area contributed by atoms with Gasteiger partial charge in [-0.1, -0.05) is 6.07 Å². The number of halogens is 1. The number of aromatic hydroxyl groups is 1. The lowest BCUT2D eigenvalue weighted by atomic mass is 10.1. The molecule has 1 aromatic carbocycles. The molecule has 0 saturated carbocycles. The summed E-state index contributed by atoms with van der Waals surface area (Å²) in [4.78, 5) is 10.5. The van der Waals surface area contributed by atoms with E-state index in [1.165, 1.54) is 19.1 Å². The van der Waals surface area contributed by atoms with Gasteiger partial charge in [-0.25, -0.2) is 4.79 Å². The third-order valence-corrected chi connectivity index (χ3v) is 2.60. The lowest BCUT2D eigenvalue weighted by Crippen LogP contribution is -1.95. The molecule has 0 bridgehead atoms. The van der Waals surface area contributed by atoms with Crippen LogP contribution in [-0.4, -0.2) is 16.2 Å². The summed E-state index contributed by atoms with van der Waals surface area (Å²) in [5.41, 5.74) is 0.924. The van der Waals surface area contributed by atoms with E-state index in [4.69, 9.17) is 5.11 Å². The van der Waals surface area contributed by atoms with Crippen LogP contribution in [0.5, 0.6) is 5.75 Å². The molecule has 1 aromatic rings. The summed E-state index contributed by atoms with van der Waals surface area (Å²) in [5.74, 6) is -0.791. The molecule has 1 rings (SSSR count). The summed E-state index contributed by atoms with van der Waals surface area (Å²) in [5, 5.41) is 18.0. The number of hydrogen-bond donors (Lipinski definition) is 2. The smallest absolute Gasteiger partial charge is 0.331 e. The lowest BCUT2D eigenvalue weighted by Gasteiger charge is -1.99. The average molecular weight is 304 g/mol. The fraction of sp³-hybridized carbons (Fsp3) is 0.100. The van der Waals surface area contributed by atoms with Gasteiger partial charge >= 0.3 is 5.97 Å². The third kappa shape index (κ3) is 2.73. The molecule has 0 saturated heterocycles. The molecule has 3 nitrogen and oxygen atoms in total. The van der Waals surface area contributed by atoms with Gasteiger partial charge in [0.2, 0.25) is 0 Å². The number of aliphatic carboxylic acids is 1. The van der Waals surface area contributed by atoms with Crippen molar-refractivity contribution in [2.45, 2.75) is 6.92 Å². The maximum absolute atomic E-state index is 10.5. The van der Waals surface area contributed by atoms with E-state index in [0.29, 0.717) is 5.56 Å². The number of carbonyl (C=O) groups is 1. The first-order valence-electron chi connectivity index (χ1n) is 3.91. The van der Waals surface area contributed by atoms with Gasteiger partial charge in [0.25, 0.3) is 0 Å². The summed E-state index contributed by atoms with van der Waals surface area (Å²) in [6, 6.07) is 5.03. The van der Waals surface area contributed by atoms with Crippen molar-refractivity contribution >= 4 is 34.6 Å². The minimum atomic E-state index is -0.956. The quantitative estimate of drug-likeness (QED) is 0.652. The van der Waals surface area contributed by atoms with Crippen molar-refractivity contribution in [1.29, 1.82) is 0 Å². The van der Waals surface area contributed by atoms with Crippen LogP contribution in [-0.2, 0) is 4.79 Å². The van der Waals surface area contributed by atoms with Crippen molar-refractivity contribution in [3.8, 4) is 5.75 Å². The third-order valence-electron chi connectivity index (χ3n) is 1.69. The molecule has 0 amide bonds. The highest BCUT2D eigenvalue weighted by molar-refractivity contribution is 14.1. The van der Waals surface area contributed by atoms with Crippen LogP contribution in [0.15, 0.2) is 23.8 Å². The van der Waals surface area contributed by atoms with Crippen LogP contribution >= 0.6 is 22.6 Å². The summed E-state index contributed by atoms with van der Waals surface area (Å²) in [7, 11) is 0. The van der Waals surface area contributed by atoms with Crippen molar-refractivity contribution in [3.05, 3.63) is 32.9 Å². The number of benzene rings is 1. The van der Waals surface area contributed by atoms with E-state index < -0.39 is 5.97 Å². The fourth-order valence-electron chi connectivity index (χ4n) is 0.931. The van der Waals surface area contributed by atoms with Gasteiger partial charge in [0.1, 0.15) is 5.75 Å². The predicted molar refractivity (Wildman–Crippen MR) is 62.1 cm³/mol. The number of phenolic OH excluding ortho intramolecular Hbond substituents is 1. The summed E-state index contributed by atoms with van der Waals surface area (Å²) >= 11 is 2.00. The molecule has 0 aromatic heterocycles. The SMILES string of the molecule is C/C(=C\c1ccc(I)c(O)c1)C(=O)O. The van der Waals surface area contributed by atoms with Gasteiger partial charge in [-0.2, -0.15) is 0 Å². The van der Waals surface area contributed by atoms with Crippen LogP contribution in [0, 0.1) is 3.57 Å². The molecule has 0 spiro atoms. The molecule has 2 N–H and O–H groups in total. The zero-order valence-electron chi connectivity index (χ0n) is 7.49. The molecule has 74 valence electrons. The molecule has 0 aliphatic rings. The van der Waals surface area contributed by atoms with Gasteiger partial charge in [-0.15, -0.1) is 0 Å². The van der Waals surface area contributed by atoms with Gasteiger partial charge in [-0.05, 0) is 53.3 Å². The second-order valence-corrected chi connectivity index (χ2v) is 4.01. The van der Waals surface area contributed by atoms with Crippen LogP contribution in [0.1, 0.15) is 12.5 Å². The number of carboxylic acid groups (broad SMARTS) is 1. The minimum absolute atomic E-state index is 0.164. The largest absolute Gasteiger partial charge is 0.507 e. The molecule has 14 heavy (non-hydrogen) atoms. The van der Waals surface area contributed by atoms with E-state index in [2.05, 4.69) is 0 Å². The topological polar surface area (TPSA) is 57.5 Å². The first-order valence-corrected chi connectivity index (χ1v) is 4.98. The summed E-state index contributed by atoms with van der Waals surface area (Å²) in [6.45, 7) is 1.51. The van der Waals surface area contributed by atoms with E-state index in [9.17, 15) is 9.90 Å². The van der Waals surface area contributed by atoms with Gasteiger partial charge in [-0.3, -0.25) is 0 Å². The Morgan fingerprint density at radius 3 is 2.64 bits per heavy atom. The maximum atomic E-state index is 10.5. The number of phenols is 1. The van der Waals surface area contributed by atoms with E-state index in [1.54, 1.807) is 12.1 Å². The average Bonchev–Trinajstić information content (AvgIpc) is 2.11. The monoisotopic (exact) mass is 304 g/mol. The van der Waals surface area contributed by atoms with Crippen molar-refractivity contribution in [1.82, 2.24) is 0 Å². The Labute approximate surface area is 95.2 Å². The summed E-state index contributed by atoms with van der Waals surface area (Å²) < 4.78 is 0.743. The van der Waals surface area contributed by atoms with E-state index >= 15 is 0 Å². The molecule has 0 aliphatic heterocycles. The van der Waals surface area contributed by atoms with Crippen LogP contribution < -0.4 is 0 Å². The van der Waals surface area contributed by atoms with Gasteiger partial charge in [0.15, 0.2) is 0 Å². The zero-order chi connectivity index (χ0) is 10.7. The predicted octanol–water partition coefficient (Wildman–Crippen LogP) is 2.48. The second kappa shape index (κ2) is 4.45. The Balaban J connectivity index is 3.04. The number of carboxylic acids is 1. The van der Waals surface area contributed by atoms with Crippen molar-refractivity contribution in [2.75, 3.05) is 0 Å². The van der Waals surface area contributed by atoms with Crippen LogP contribution in [0.25, 0.3) is 6.08 Å². The Morgan fingerprint density at radius 2 is 2.14 bits per heavy atom. The van der Waals surface area contributed by atoms with Gasteiger partial charge in [0, 0.05) is 5.57 Å². The second-order valence-electron chi connectivity index (χ2n) is 2.84. The molecular weight excluding hydrogens is 295 g/mol. The minimum Gasteiger partial charge on any atom is -0.507 e. The van der Waals surface area contributed by atoms with Gasteiger partial charge in [0.05, 0.1) is 3.57 Å². The van der Waals surface area contributed by atoms with Crippen molar-refractivity contribution in [2.24, 2.45) is 0 Å². The molecule has 0 radical (unpaired) electrons. The molecule has 0 unspecified atom stereocenters. The normalized spacial score (nSPS) is 11.4. The molecule has 0 atom stereocenters. The van der Waals surface area contributed by atoms with E-state index in [1.807, 2.05) is 22.6 Å². The summed E-state index contributed by atoms with van der Waals surface area (Å²) in [6.07, 6.45) is 1.51. The highest BCUT2D eigenvalue weighted by Crippen LogP contribution is 2.21. The van der Waals surface area contributed by atoms with Crippen LogP contribution in [0.4, 0.5) is 0 Å². The Bertz CT molecular complexity index is 396. The van der Waals surface area contributed by atoms with Crippen molar-refractivity contribution < 1.29 is 15.0 Å². The van der Waals surface area contributed by atoms with Crippen molar-refractivity contribution in [3.63, 3.8) is 0 Å². The molecule has 0 heterocycles.